The molecular formula is C13H15ClF2N2. The molecule has 0 N–H and O–H groups in total. The number of alkyl halides is 1. The molecule has 0 aliphatic carbocycles. The summed E-state index contributed by atoms with van der Waals surface area (Å²) in [4.78, 5) is 4.33. The topological polar surface area (TPSA) is 17.8 Å². The van der Waals surface area contributed by atoms with Gasteiger partial charge in [-0.25, -0.2) is 13.8 Å². The first-order chi connectivity index (χ1) is 8.52. The molecule has 2 nitrogen and oxygen atoms in total. The third-order valence-electron chi connectivity index (χ3n) is 2.74. The SMILES string of the molecule is CC(C)Cn1c(CCCl)nc2cc(F)c(F)cc21. The Morgan fingerprint density at radius 3 is 2.56 bits per heavy atom. The van der Waals surface area contributed by atoms with Crippen LogP contribution in [0.15, 0.2) is 12.1 Å². The van der Waals surface area contributed by atoms with Crippen molar-refractivity contribution in [2.75, 3.05) is 5.88 Å². The molecule has 98 valence electrons. The summed E-state index contributed by atoms with van der Waals surface area (Å²) >= 11 is 5.73. The number of rotatable bonds is 4. The molecule has 0 fully saturated rings. The molecule has 1 heterocycles. The lowest BCUT2D eigenvalue weighted by molar-refractivity contribution is 0.505. The van der Waals surface area contributed by atoms with Gasteiger partial charge >= 0.3 is 0 Å². The molecule has 1 aromatic carbocycles. The molecule has 0 saturated heterocycles. The Bertz CT molecular complexity index is 564. The van der Waals surface area contributed by atoms with Crippen molar-refractivity contribution in [3.05, 3.63) is 29.6 Å². The normalized spacial score (nSPS) is 11.7. The number of hydrogen-bond acceptors (Lipinski definition) is 1. The van der Waals surface area contributed by atoms with Gasteiger partial charge in [-0.1, -0.05) is 13.8 Å². The molecule has 0 saturated carbocycles. The monoisotopic (exact) mass is 272 g/mol. The standard InChI is InChI=1S/C13H15ClF2N2/c1-8(2)7-18-12-6-10(16)9(15)5-11(12)17-13(18)3-4-14/h5-6,8H,3-4,7H2,1-2H3. The smallest absolute Gasteiger partial charge is 0.161 e. The number of fused-ring (bicyclic) bond motifs is 1. The van der Waals surface area contributed by atoms with Crippen LogP contribution in [0, 0.1) is 17.6 Å². The average Bonchev–Trinajstić information content (AvgIpc) is 2.58. The van der Waals surface area contributed by atoms with Crippen LogP contribution in [0.25, 0.3) is 11.0 Å². The maximum Gasteiger partial charge on any atom is 0.161 e. The number of imidazole rings is 1. The lowest BCUT2D eigenvalue weighted by atomic mass is 10.2. The quantitative estimate of drug-likeness (QED) is 0.775. The van der Waals surface area contributed by atoms with Gasteiger partial charge in [0.05, 0.1) is 11.0 Å². The van der Waals surface area contributed by atoms with Crippen LogP contribution in [0.3, 0.4) is 0 Å². The van der Waals surface area contributed by atoms with Crippen LogP contribution in [0.5, 0.6) is 0 Å². The zero-order valence-corrected chi connectivity index (χ0v) is 11.1. The highest BCUT2D eigenvalue weighted by atomic mass is 35.5. The number of hydrogen-bond donors (Lipinski definition) is 0. The first-order valence-electron chi connectivity index (χ1n) is 5.93. The summed E-state index contributed by atoms with van der Waals surface area (Å²) in [6.45, 7) is 4.85. The Morgan fingerprint density at radius 2 is 1.94 bits per heavy atom. The van der Waals surface area contributed by atoms with E-state index in [9.17, 15) is 8.78 Å². The van der Waals surface area contributed by atoms with Gasteiger partial charge in [-0.15, -0.1) is 11.6 Å². The van der Waals surface area contributed by atoms with E-state index in [0.717, 1.165) is 11.9 Å². The second-order valence-electron chi connectivity index (χ2n) is 4.73. The van der Waals surface area contributed by atoms with Gasteiger partial charge in [0, 0.05) is 31.0 Å². The molecule has 0 atom stereocenters. The number of aromatic nitrogens is 2. The van der Waals surface area contributed by atoms with Gasteiger partial charge in [0.2, 0.25) is 0 Å². The minimum Gasteiger partial charge on any atom is -0.328 e. The average molecular weight is 273 g/mol. The Balaban J connectivity index is 2.60. The summed E-state index contributed by atoms with van der Waals surface area (Å²) < 4.78 is 28.4. The minimum absolute atomic E-state index is 0.393. The summed E-state index contributed by atoms with van der Waals surface area (Å²) in [5.74, 6) is -0.103. The zero-order valence-electron chi connectivity index (χ0n) is 10.4. The highest BCUT2D eigenvalue weighted by Crippen LogP contribution is 2.21. The van der Waals surface area contributed by atoms with E-state index in [-0.39, 0.29) is 0 Å². The van der Waals surface area contributed by atoms with Crippen molar-refractivity contribution in [1.29, 1.82) is 0 Å². The van der Waals surface area contributed by atoms with E-state index in [1.807, 2.05) is 4.57 Å². The highest BCUT2D eigenvalue weighted by molar-refractivity contribution is 6.17. The first-order valence-corrected chi connectivity index (χ1v) is 6.46. The van der Waals surface area contributed by atoms with Crippen molar-refractivity contribution >= 4 is 22.6 Å². The maximum absolute atomic E-state index is 13.3. The maximum atomic E-state index is 13.3. The van der Waals surface area contributed by atoms with Crippen LogP contribution in [0.2, 0.25) is 0 Å². The predicted octanol–water partition coefficient (Wildman–Crippen LogP) is 3.75. The van der Waals surface area contributed by atoms with E-state index in [1.165, 1.54) is 6.07 Å². The van der Waals surface area contributed by atoms with Crippen molar-refractivity contribution < 1.29 is 8.78 Å². The molecule has 1 aromatic heterocycles. The Hall–Kier alpha value is -1.16. The number of aryl methyl sites for hydroxylation is 1. The minimum atomic E-state index is -0.867. The fourth-order valence-electron chi connectivity index (χ4n) is 2.01. The van der Waals surface area contributed by atoms with E-state index >= 15 is 0 Å². The molecule has 2 aromatic rings. The van der Waals surface area contributed by atoms with Crippen LogP contribution in [0.4, 0.5) is 8.78 Å². The van der Waals surface area contributed by atoms with E-state index < -0.39 is 11.6 Å². The van der Waals surface area contributed by atoms with E-state index in [0.29, 0.717) is 35.8 Å². The summed E-state index contributed by atoms with van der Waals surface area (Å²) in [5, 5.41) is 0. The van der Waals surface area contributed by atoms with Crippen molar-refractivity contribution in [2.45, 2.75) is 26.8 Å². The molecule has 18 heavy (non-hydrogen) atoms. The fraction of sp³-hybridized carbons (Fsp3) is 0.462. The Morgan fingerprint density at radius 1 is 1.28 bits per heavy atom. The van der Waals surface area contributed by atoms with Gasteiger partial charge in [0.15, 0.2) is 11.6 Å². The lowest BCUT2D eigenvalue weighted by Crippen LogP contribution is -2.09. The van der Waals surface area contributed by atoms with Crippen LogP contribution >= 0.6 is 11.6 Å². The van der Waals surface area contributed by atoms with Gasteiger partial charge in [-0.2, -0.15) is 0 Å². The molecule has 2 rings (SSSR count). The zero-order chi connectivity index (χ0) is 13.3. The van der Waals surface area contributed by atoms with E-state index in [1.54, 1.807) is 0 Å². The molecule has 5 heteroatoms. The van der Waals surface area contributed by atoms with Gasteiger partial charge in [0.25, 0.3) is 0 Å². The number of nitrogens with zero attached hydrogens (tertiary/aromatic N) is 2. The molecule has 0 radical (unpaired) electrons. The summed E-state index contributed by atoms with van der Waals surface area (Å²) in [7, 11) is 0. The number of benzene rings is 1. The summed E-state index contributed by atoms with van der Waals surface area (Å²) in [6.07, 6.45) is 0.589. The van der Waals surface area contributed by atoms with Crippen LogP contribution in [0.1, 0.15) is 19.7 Å². The summed E-state index contributed by atoms with van der Waals surface area (Å²) in [5.41, 5.74) is 1.11. The third-order valence-corrected chi connectivity index (χ3v) is 2.92. The fourth-order valence-corrected chi connectivity index (χ4v) is 2.18. The van der Waals surface area contributed by atoms with Crippen molar-refractivity contribution in [3.63, 3.8) is 0 Å². The third kappa shape index (κ3) is 2.48. The molecule has 0 aliphatic heterocycles. The molecule has 0 amide bonds. The van der Waals surface area contributed by atoms with Crippen LogP contribution < -0.4 is 0 Å². The lowest BCUT2D eigenvalue weighted by Gasteiger charge is -2.11. The second-order valence-corrected chi connectivity index (χ2v) is 5.10. The van der Waals surface area contributed by atoms with E-state index in [2.05, 4.69) is 18.8 Å². The first kappa shape index (κ1) is 13.3. The van der Waals surface area contributed by atoms with Gasteiger partial charge in [0.1, 0.15) is 5.82 Å². The molecule has 0 unspecified atom stereocenters. The van der Waals surface area contributed by atoms with Crippen LogP contribution in [-0.4, -0.2) is 15.4 Å². The Kier molecular flexibility index (Phi) is 3.85. The van der Waals surface area contributed by atoms with Gasteiger partial charge in [-0.05, 0) is 5.92 Å². The number of halogens is 3. The predicted molar refractivity (Wildman–Crippen MR) is 68.9 cm³/mol. The second kappa shape index (κ2) is 5.22. The molecule has 0 aliphatic rings. The Labute approximate surface area is 110 Å². The summed E-state index contributed by atoms with van der Waals surface area (Å²) in [6, 6.07) is 2.34. The largest absolute Gasteiger partial charge is 0.328 e. The molecular weight excluding hydrogens is 258 g/mol. The van der Waals surface area contributed by atoms with Crippen LogP contribution in [-0.2, 0) is 13.0 Å². The highest BCUT2D eigenvalue weighted by Gasteiger charge is 2.14. The van der Waals surface area contributed by atoms with Crippen molar-refractivity contribution in [1.82, 2.24) is 9.55 Å². The van der Waals surface area contributed by atoms with Crippen molar-refractivity contribution in [2.24, 2.45) is 5.92 Å². The van der Waals surface area contributed by atoms with E-state index in [4.69, 9.17) is 11.6 Å². The molecule has 0 spiro atoms. The van der Waals surface area contributed by atoms with Gasteiger partial charge in [-0.3, -0.25) is 0 Å². The van der Waals surface area contributed by atoms with Crippen molar-refractivity contribution in [3.8, 4) is 0 Å². The molecule has 0 bridgehead atoms. The van der Waals surface area contributed by atoms with Gasteiger partial charge < -0.3 is 4.57 Å².